The van der Waals surface area contributed by atoms with Crippen LogP contribution < -0.4 is 10.5 Å². The molecule has 0 aliphatic heterocycles. The van der Waals surface area contributed by atoms with E-state index in [9.17, 15) is 4.79 Å². The molecular weight excluding hydrogens is 264 g/mol. The molecule has 100 valence electrons. The van der Waals surface area contributed by atoms with Crippen molar-refractivity contribution in [3.05, 3.63) is 28.6 Å². The number of thiazole rings is 1. The second kappa shape index (κ2) is 5.27. The molecule has 19 heavy (non-hydrogen) atoms. The maximum atomic E-state index is 11.8. The molecule has 0 atom stereocenters. The summed E-state index contributed by atoms with van der Waals surface area (Å²) in [5, 5.41) is 0.318. The molecule has 0 saturated carbocycles. The van der Waals surface area contributed by atoms with Crippen molar-refractivity contribution >= 4 is 22.4 Å². The second-order valence-electron chi connectivity index (χ2n) is 3.93. The first-order valence-electron chi connectivity index (χ1n) is 5.56. The summed E-state index contributed by atoms with van der Waals surface area (Å²) in [4.78, 5) is 16.4. The Labute approximate surface area is 115 Å². The minimum atomic E-state index is -0.451. The standard InChI is InChI=1S/C13H14N2O3S/c1-7-4-5-9(17-2)8(6-7)10-11(12(16)18-3)19-13(14)15-10/h4-6H,1-3H3,(H2,14,15). The normalized spacial score (nSPS) is 10.3. The molecule has 0 bridgehead atoms. The Balaban J connectivity index is 2.64. The van der Waals surface area contributed by atoms with Crippen LogP contribution >= 0.6 is 11.3 Å². The van der Waals surface area contributed by atoms with Crippen molar-refractivity contribution in [3.63, 3.8) is 0 Å². The number of esters is 1. The van der Waals surface area contributed by atoms with Crippen molar-refractivity contribution in [2.45, 2.75) is 6.92 Å². The van der Waals surface area contributed by atoms with E-state index in [2.05, 4.69) is 4.98 Å². The number of methoxy groups -OCH3 is 2. The Morgan fingerprint density at radius 2 is 2.11 bits per heavy atom. The maximum Gasteiger partial charge on any atom is 0.350 e. The average molecular weight is 278 g/mol. The average Bonchev–Trinajstić information content (AvgIpc) is 2.79. The van der Waals surface area contributed by atoms with Crippen molar-refractivity contribution in [1.82, 2.24) is 4.98 Å². The third-order valence-corrected chi connectivity index (χ3v) is 3.49. The van der Waals surface area contributed by atoms with Crippen LogP contribution in [-0.4, -0.2) is 25.2 Å². The van der Waals surface area contributed by atoms with Crippen LogP contribution in [0.2, 0.25) is 0 Å². The number of hydrogen-bond acceptors (Lipinski definition) is 6. The molecule has 1 aromatic heterocycles. The summed E-state index contributed by atoms with van der Waals surface area (Å²) in [6, 6.07) is 5.66. The molecule has 0 aliphatic rings. The molecule has 0 unspecified atom stereocenters. The molecular formula is C13H14N2O3S. The summed E-state index contributed by atoms with van der Waals surface area (Å²) in [7, 11) is 2.90. The molecule has 0 aliphatic carbocycles. The number of aromatic nitrogens is 1. The summed E-state index contributed by atoms with van der Waals surface area (Å²) in [5.41, 5.74) is 7.97. The van der Waals surface area contributed by atoms with Crippen LogP contribution in [0.5, 0.6) is 5.75 Å². The summed E-state index contributed by atoms with van der Waals surface area (Å²) >= 11 is 1.10. The predicted molar refractivity (Wildman–Crippen MR) is 74.6 cm³/mol. The monoisotopic (exact) mass is 278 g/mol. The number of anilines is 1. The number of ether oxygens (including phenoxy) is 2. The minimum Gasteiger partial charge on any atom is -0.496 e. The number of benzene rings is 1. The fraction of sp³-hybridized carbons (Fsp3) is 0.231. The van der Waals surface area contributed by atoms with E-state index < -0.39 is 5.97 Å². The fourth-order valence-electron chi connectivity index (χ4n) is 1.76. The topological polar surface area (TPSA) is 74.4 Å². The zero-order valence-corrected chi connectivity index (χ0v) is 11.7. The van der Waals surface area contributed by atoms with Gasteiger partial charge in [0.2, 0.25) is 0 Å². The molecule has 0 radical (unpaired) electrons. The summed E-state index contributed by atoms with van der Waals surface area (Å²) in [6.45, 7) is 1.95. The number of rotatable bonds is 3. The van der Waals surface area contributed by atoms with Gasteiger partial charge in [0.25, 0.3) is 0 Å². The number of hydrogen-bond donors (Lipinski definition) is 1. The van der Waals surface area contributed by atoms with Crippen molar-refractivity contribution in [1.29, 1.82) is 0 Å². The van der Waals surface area contributed by atoms with E-state index >= 15 is 0 Å². The fourth-order valence-corrected chi connectivity index (χ4v) is 2.52. The van der Waals surface area contributed by atoms with Crippen LogP contribution in [-0.2, 0) is 4.74 Å². The number of carbonyl (C=O) groups is 1. The van der Waals surface area contributed by atoms with Crippen molar-refractivity contribution in [2.75, 3.05) is 20.0 Å². The summed E-state index contributed by atoms with van der Waals surface area (Å²) in [6.07, 6.45) is 0. The van der Waals surface area contributed by atoms with Gasteiger partial charge in [-0.25, -0.2) is 9.78 Å². The molecule has 5 nitrogen and oxygen atoms in total. The Morgan fingerprint density at radius 3 is 2.74 bits per heavy atom. The van der Waals surface area contributed by atoms with Gasteiger partial charge in [0.1, 0.15) is 16.3 Å². The van der Waals surface area contributed by atoms with Crippen LogP contribution in [0.25, 0.3) is 11.3 Å². The number of nitrogen functional groups attached to an aromatic ring is 1. The van der Waals surface area contributed by atoms with Gasteiger partial charge in [-0.15, -0.1) is 0 Å². The van der Waals surface area contributed by atoms with Gasteiger partial charge in [-0.05, 0) is 19.1 Å². The summed E-state index contributed by atoms with van der Waals surface area (Å²) in [5.74, 6) is 0.189. The smallest absolute Gasteiger partial charge is 0.350 e. The van der Waals surface area contributed by atoms with Crippen LogP contribution in [0.15, 0.2) is 18.2 Å². The number of nitrogens with two attached hydrogens (primary N) is 1. The van der Waals surface area contributed by atoms with Crippen molar-refractivity contribution in [2.24, 2.45) is 0 Å². The van der Waals surface area contributed by atoms with E-state index in [0.29, 0.717) is 21.5 Å². The van der Waals surface area contributed by atoms with Crippen molar-refractivity contribution in [3.8, 4) is 17.0 Å². The van der Waals surface area contributed by atoms with Gasteiger partial charge in [0, 0.05) is 5.56 Å². The molecule has 2 N–H and O–H groups in total. The first kappa shape index (κ1) is 13.4. The van der Waals surface area contributed by atoms with Crippen molar-refractivity contribution < 1.29 is 14.3 Å². The highest BCUT2D eigenvalue weighted by Crippen LogP contribution is 2.36. The molecule has 6 heteroatoms. The van der Waals surface area contributed by atoms with Gasteiger partial charge in [0.15, 0.2) is 5.13 Å². The largest absolute Gasteiger partial charge is 0.496 e. The van der Waals surface area contributed by atoms with Crippen LogP contribution in [0.3, 0.4) is 0 Å². The van der Waals surface area contributed by atoms with E-state index in [1.165, 1.54) is 7.11 Å². The number of nitrogens with zero attached hydrogens (tertiary/aromatic N) is 1. The van der Waals surface area contributed by atoms with Gasteiger partial charge in [-0.1, -0.05) is 23.0 Å². The molecule has 0 amide bonds. The maximum absolute atomic E-state index is 11.8. The number of carbonyl (C=O) groups excluding carboxylic acids is 1. The first-order valence-corrected chi connectivity index (χ1v) is 6.38. The number of aryl methyl sites for hydroxylation is 1. The SMILES string of the molecule is COC(=O)c1sc(N)nc1-c1cc(C)ccc1OC. The molecule has 1 heterocycles. The van der Waals surface area contributed by atoms with Gasteiger partial charge in [-0.2, -0.15) is 0 Å². The Morgan fingerprint density at radius 1 is 1.37 bits per heavy atom. The van der Waals surface area contributed by atoms with Crippen LogP contribution in [0.4, 0.5) is 5.13 Å². The molecule has 2 rings (SSSR count). The van der Waals surface area contributed by atoms with E-state index in [4.69, 9.17) is 15.2 Å². The Hall–Kier alpha value is -2.08. The highest BCUT2D eigenvalue weighted by atomic mass is 32.1. The van der Waals surface area contributed by atoms with E-state index in [1.54, 1.807) is 7.11 Å². The Kier molecular flexibility index (Phi) is 3.71. The van der Waals surface area contributed by atoms with E-state index in [0.717, 1.165) is 22.5 Å². The lowest BCUT2D eigenvalue weighted by atomic mass is 10.1. The van der Waals surface area contributed by atoms with Gasteiger partial charge in [0.05, 0.1) is 14.2 Å². The van der Waals surface area contributed by atoms with Gasteiger partial charge >= 0.3 is 5.97 Å². The first-order chi connectivity index (χ1) is 9.06. The van der Waals surface area contributed by atoms with Crippen LogP contribution in [0, 0.1) is 6.92 Å². The quantitative estimate of drug-likeness (QED) is 0.873. The lowest BCUT2D eigenvalue weighted by molar-refractivity contribution is 0.0607. The third kappa shape index (κ3) is 2.53. The minimum absolute atomic E-state index is 0.318. The lowest BCUT2D eigenvalue weighted by Crippen LogP contribution is -2.01. The molecule has 1 aromatic carbocycles. The highest BCUT2D eigenvalue weighted by molar-refractivity contribution is 7.17. The van der Waals surface area contributed by atoms with Crippen LogP contribution in [0.1, 0.15) is 15.2 Å². The predicted octanol–water partition coefficient (Wildman–Crippen LogP) is 2.50. The van der Waals surface area contributed by atoms with E-state index in [-0.39, 0.29) is 0 Å². The molecule has 0 saturated heterocycles. The second-order valence-corrected chi connectivity index (χ2v) is 4.96. The molecule has 2 aromatic rings. The zero-order chi connectivity index (χ0) is 14.0. The van der Waals surface area contributed by atoms with Gasteiger partial charge in [-0.3, -0.25) is 0 Å². The Bertz CT molecular complexity index is 622. The highest BCUT2D eigenvalue weighted by Gasteiger charge is 2.21. The molecule has 0 spiro atoms. The summed E-state index contributed by atoms with van der Waals surface area (Å²) < 4.78 is 10.1. The molecule has 0 fully saturated rings. The third-order valence-electron chi connectivity index (χ3n) is 2.62. The van der Waals surface area contributed by atoms with Gasteiger partial charge < -0.3 is 15.2 Å². The zero-order valence-electron chi connectivity index (χ0n) is 10.9. The lowest BCUT2D eigenvalue weighted by Gasteiger charge is -2.08. The van der Waals surface area contributed by atoms with E-state index in [1.807, 2.05) is 25.1 Å².